The molecule has 1 fully saturated rings. The van der Waals surface area contributed by atoms with Crippen LogP contribution in [-0.2, 0) is 4.43 Å². The third-order valence-corrected chi connectivity index (χ3v) is 19.7. The second kappa shape index (κ2) is 7.62. The molecule has 34 heavy (non-hydrogen) atoms. The first-order valence-electron chi connectivity index (χ1n) is 11.9. The summed E-state index contributed by atoms with van der Waals surface area (Å²) < 4.78 is 6.72. The Labute approximate surface area is 205 Å². The van der Waals surface area contributed by atoms with Crippen molar-refractivity contribution in [3.05, 3.63) is 96.6 Å². The molecule has 1 aliphatic heterocycles. The fourth-order valence-electron chi connectivity index (χ4n) is 5.54. The molecule has 1 heterocycles. The molecule has 4 radical (unpaired) electrons. The minimum Gasteiger partial charge on any atom is -0.414 e. The summed E-state index contributed by atoms with van der Waals surface area (Å²) in [6.45, 7) is 4.76. The molecule has 6 aromatic rings. The molecular formula is C30H24OSi3. The van der Waals surface area contributed by atoms with Crippen molar-refractivity contribution in [1.82, 2.24) is 0 Å². The van der Waals surface area contributed by atoms with Crippen molar-refractivity contribution in [3.63, 3.8) is 0 Å². The molecule has 6 aromatic carbocycles. The summed E-state index contributed by atoms with van der Waals surface area (Å²) in [6.07, 6.45) is 0.240. The van der Waals surface area contributed by atoms with Gasteiger partial charge in [-0.1, -0.05) is 54.6 Å². The van der Waals surface area contributed by atoms with Gasteiger partial charge in [0.1, 0.15) is 0 Å². The highest BCUT2D eigenvalue weighted by Gasteiger charge is 2.33. The molecule has 0 saturated carbocycles. The zero-order valence-electron chi connectivity index (χ0n) is 19.4. The maximum atomic E-state index is 6.72. The Balaban J connectivity index is 1.49. The van der Waals surface area contributed by atoms with Gasteiger partial charge in [0, 0.05) is 9.04 Å². The maximum Gasteiger partial charge on any atom is 0.166 e. The SMILES string of the molecule is C[Si]1(C)OC(c2cccc3cc4ccc5cc6cc7ccccc7cc6cc5c4cc23)C[Si][Si]1. The monoisotopic (exact) mass is 484 g/mol. The molecule has 1 saturated heterocycles. The zero-order chi connectivity index (χ0) is 22.9. The van der Waals surface area contributed by atoms with E-state index >= 15 is 0 Å². The molecular weight excluding hydrogens is 461 g/mol. The summed E-state index contributed by atoms with van der Waals surface area (Å²) >= 11 is 0. The number of hydrogen-bond acceptors (Lipinski definition) is 1. The minimum absolute atomic E-state index is 0.240. The number of rotatable bonds is 1. The minimum atomic E-state index is -1.53. The predicted molar refractivity (Wildman–Crippen MR) is 152 cm³/mol. The van der Waals surface area contributed by atoms with Gasteiger partial charge in [0.25, 0.3) is 0 Å². The average Bonchev–Trinajstić information content (AvgIpc) is 2.84. The van der Waals surface area contributed by atoms with E-state index in [1.54, 1.807) is 0 Å². The normalized spacial score (nSPS) is 18.4. The van der Waals surface area contributed by atoms with E-state index in [0.717, 1.165) is 17.6 Å². The van der Waals surface area contributed by atoms with E-state index < -0.39 is 7.83 Å². The topological polar surface area (TPSA) is 9.23 Å². The Hall–Kier alpha value is -2.77. The lowest BCUT2D eigenvalue weighted by Crippen LogP contribution is -2.47. The average molecular weight is 485 g/mol. The van der Waals surface area contributed by atoms with Crippen LogP contribution in [0.4, 0.5) is 0 Å². The number of hydrogen-bond donors (Lipinski definition) is 0. The van der Waals surface area contributed by atoms with Crippen LogP contribution in [0.25, 0.3) is 53.9 Å². The molecule has 0 bridgehead atoms. The van der Waals surface area contributed by atoms with Gasteiger partial charge in [-0.2, -0.15) is 0 Å². The fraction of sp³-hybridized carbons (Fsp3) is 0.133. The van der Waals surface area contributed by atoms with Crippen molar-refractivity contribution in [2.24, 2.45) is 0 Å². The Bertz CT molecular complexity index is 1760. The molecule has 0 N–H and O–H groups in total. The fourth-order valence-corrected chi connectivity index (χ4v) is 15.7. The van der Waals surface area contributed by atoms with E-state index in [4.69, 9.17) is 4.43 Å². The van der Waals surface area contributed by atoms with Crippen molar-refractivity contribution >= 4 is 79.3 Å². The van der Waals surface area contributed by atoms with Crippen molar-refractivity contribution in [2.45, 2.75) is 25.2 Å². The molecule has 4 heteroatoms. The highest BCUT2D eigenvalue weighted by atomic mass is 29.6. The first-order valence-corrected chi connectivity index (χ1v) is 19.1. The van der Waals surface area contributed by atoms with Crippen molar-refractivity contribution in [3.8, 4) is 0 Å². The molecule has 1 aliphatic rings. The molecule has 162 valence electrons. The van der Waals surface area contributed by atoms with Crippen LogP contribution in [0, 0.1) is 0 Å². The highest BCUT2D eigenvalue weighted by Crippen LogP contribution is 2.38. The third kappa shape index (κ3) is 3.36. The van der Waals surface area contributed by atoms with E-state index in [2.05, 4.69) is 104 Å². The molecule has 0 aliphatic carbocycles. The van der Waals surface area contributed by atoms with E-state index in [9.17, 15) is 0 Å². The lowest BCUT2D eigenvalue weighted by Gasteiger charge is -2.34. The molecule has 1 unspecified atom stereocenters. The summed E-state index contributed by atoms with van der Waals surface area (Å²) in [6, 6.07) is 35.3. The van der Waals surface area contributed by atoms with Crippen LogP contribution in [0.3, 0.4) is 0 Å². The smallest absolute Gasteiger partial charge is 0.166 e. The maximum absolute atomic E-state index is 6.72. The van der Waals surface area contributed by atoms with Gasteiger partial charge in [-0.05, 0) is 115 Å². The van der Waals surface area contributed by atoms with E-state index in [1.165, 1.54) is 65.5 Å². The lowest BCUT2D eigenvalue weighted by atomic mass is 9.93. The summed E-state index contributed by atoms with van der Waals surface area (Å²) in [5.41, 5.74) is 1.38. The van der Waals surface area contributed by atoms with Gasteiger partial charge in [-0.3, -0.25) is 0 Å². The summed E-state index contributed by atoms with van der Waals surface area (Å²) in [4.78, 5) is 0. The Kier molecular flexibility index (Phi) is 4.61. The van der Waals surface area contributed by atoms with Gasteiger partial charge in [0.05, 0.1) is 14.7 Å². The molecule has 7 rings (SSSR count). The summed E-state index contributed by atoms with van der Waals surface area (Å²) in [5, 5.41) is 13.1. The largest absolute Gasteiger partial charge is 0.414 e. The molecule has 1 nitrogen and oxygen atoms in total. The van der Waals surface area contributed by atoms with Gasteiger partial charge in [-0.25, -0.2) is 0 Å². The Morgan fingerprint density at radius 2 is 1.21 bits per heavy atom. The number of benzene rings is 6. The Morgan fingerprint density at radius 3 is 1.94 bits per heavy atom. The summed E-state index contributed by atoms with van der Waals surface area (Å²) in [5.74, 6) is 0. The molecule has 0 amide bonds. The van der Waals surface area contributed by atoms with E-state index in [-0.39, 0.29) is 6.10 Å². The van der Waals surface area contributed by atoms with Crippen molar-refractivity contribution < 1.29 is 4.43 Å². The van der Waals surface area contributed by atoms with Crippen LogP contribution in [0.15, 0.2) is 91.0 Å². The number of fused-ring (bicyclic) bond motifs is 6. The van der Waals surface area contributed by atoms with Crippen LogP contribution in [0.2, 0.25) is 19.1 Å². The first kappa shape index (κ1) is 20.6. The lowest BCUT2D eigenvalue weighted by molar-refractivity contribution is 0.225. The van der Waals surface area contributed by atoms with Gasteiger partial charge in [0.15, 0.2) is 7.83 Å². The van der Waals surface area contributed by atoms with E-state index in [1.807, 2.05) is 0 Å². The van der Waals surface area contributed by atoms with Crippen LogP contribution in [0.5, 0.6) is 0 Å². The van der Waals surface area contributed by atoms with Crippen molar-refractivity contribution in [1.29, 1.82) is 0 Å². The molecule has 1 atom stereocenters. The standard InChI is InChI=1S/C30H24OSi3/c1-34(2)31-30(18-32-33-34)26-9-5-8-21-14-22-10-11-23-15-24-12-19-6-3-4-7-20(19)13-25(24)16-27(23)29(22)17-28(21)26/h3-17,30H,18H2,1-2H3. The molecule has 0 aromatic heterocycles. The predicted octanol–water partition coefficient (Wildman–Crippen LogP) is 7.97. The van der Waals surface area contributed by atoms with Gasteiger partial charge < -0.3 is 4.43 Å². The van der Waals surface area contributed by atoms with Crippen molar-refractivity contribution in [2.75, 3.05) is 0 Å². The Morgan fingerprint density at radius 1 is 0.618 bits per heavy atom. The third-order valence-electron chi connectivity index (χ3n) is 7.15. The summed E-state index contributed by atoms with van der Waals surface area (Å²) in [7, 11) is 0.542. The van der Waals surface area contributed by atoms with Crippen LogP contribution < -0.4 is 0 Å². The van der Waals surface area contributed by atoms with Crippen LogP contribution in [-0.4, -0.2) is 25.4 Å². The molecule has 0 spiro atoms. The second-order valence-electron chi connectivity index (χ2n) is 9.95. The quantitative estimate of drug-likeness (QED) is 0.131. The second-order valence-corrected chi connectivity index (χ2v) is 21.9. The first-order chi connectivity index (χ1) is 16.5. The van der Waals surface area contributed by atoms with Gasteiger partial charge in [0.2, 0.25) is 0 Å². The van der Waals surface area contributed by atoms with Gasteiger partial charge in [-0.15, -0.1) is 0 Å². The van der Waals surface area contributed by atoms with E-state index in [0.29, 0.717) is 0 Å². The van der Waals surface area contributed by atoms with Gasteiger partial charge >= 0.3 is 0 Å². The van der Waals surface area contributed by atoms with Crippen LogP contribution >= 0.6 is 0 Å². The van der Waals surface area contributed by atoms with Crippen LogP contribution in [0.1, 0.15) is 11.7 Å². The zero-order valence-corrected chi connectivity index (χ0v) is 22.4. The highest BCUT2D eigenvalue weighted by molar-refractivity contribution is 7.41.